The average Bonchev–Trinajstić information content (AvgIpc) is 3.03. The highest BCUT2D eigenvalue weighted by molar-refractivity contribution is 5.63. The van der Waals surface area contributed by atoms with E-state index in [0.29, 0.717) is 12.0 Å². The van der Waals surface area contributed by atoms with Crippen LogP contribution in [0.15, 0.2) is 9.98 Å². The monoisotopic (exact) mass is 322 g/mol. The van der Waals surface area contributed by atoms with Crippen molar-refractivity contribution in [2.45, 2.75) is 96.7 Å². The van der Waals surface area contributed by atoms with Crippen LogP contribution in [0.1, 0.15) is 84.5 Å². The highest BCUT2D eigenvalue weighted by atomic mass is 16.5. The number of hydrogen-bond donors (Lipinski definition) is 0. The van der Waals surface area contributed by atoms with Gasteiger partial charge in [-0.15, -0.1) is 0 Å². The van der Waals surface area contributed by atoms with Crippen molar-refractivity contribution in [3.8, 4) is 0 Å². The van der Waals surface area contributed by atoms with Crippen LogP contribution in [0, 0.1) is 5.92 Å². The first kappa shape index (κ1) is 20.3. The summed E-state index contributed by atoms with van der Waals surface area (Å²) in [6.07, 6.45) is 16.5. The maximum atomic E-state index is 6.25. The highest BCUT2D eigenvalue weighted by Crippen LogP contribution is 2.30. The maximum absolute atomic E-state index is 6.25. The first-order chi connectivity index (χ1) is 11.3. The average molecular weight is 323 g/mol. The Balaban J connectivity index is 2.24. The molecule has 0 amide bonds. The van der Waals surface area contributed by atoms with E-state index in [-0.39, 0.29) is 6.10 Å². The Bertz CT molecular complexity index is 317. The third kappa shape index (κ3) is 9.24. The van der Waals surface area contributed by atoms with Crippen molar-refractivity contribution in [1.29, 1.82) is 0 Å². The number of hydrogen-bond acceptors (Lipinski definition) is 3. The third-order valence-corrected chi connectivity index (χ3v) is 4.86. The molecule has 1 aliphatic rings. The smallest absolute Gasteiger partial charge is 0.0926 e. The normalized spacial score (nSPS) is 22.7. The molecule has 3 atom stereocenters. The molecule has 0 radical (unpaired) electrons. The molecule has 0 spiro atoms. The van der Waals surface area contributed by atoms with Crippen LogP contribution in [0.4, 0.5) is 0 Å². The van der Waals surface area contributed by atoms with Gasteiger partial charge in [-0.05, 0) is 44.7 Å². The molecule has 0 aromatic rings. The summed E-state index contributed by atoms with van der Waals surface area (Å²) in [7, 11) is 0. The standard InChI is InChI=1S/C20H38N2O/c1-4-6-8-9-10-15-22-17-19-12-13-20(23-19)18(11-7-5-2)14-16-21-3/h17-20H,3-16H2,1-2H3. The molecule has 1 heterocycles. The molecule has 0 aromatic carbocycles. The highest BCUT2D eigenvalue weighted by Gasteiger charge is 2.30. The fourth-order valence-corrected chi connectivity index (χ4v) is 3.38. The van der Waals surface area contributed by atoms with Gasteiger partial charge in [-0.1, -0.05) is 52.4 Å². The van der Waals surface area contributed by atoms with E-state index in [4.69, 9.17) is 4.74 Å². The van der Waals surface area contributed by atoms with Crippen LogP contribution in [0.2, 0.25) is 0 Å². The van der Waals surface area contributed by atoms with Crippen LogP contribution in [-0.2, 0) is 4.74 Å². The Labute approximate surface area is 144 Å². The van der Waals surface area contributed by atoms with Gasteiger partial charge in [0.05, 0.1) is 12.2 Å². The van der Waals surface area contributed by atoms with Crippen LogP contribution in [0.25, 0.3) is 0 Å². The SMILES string of the molecule is C=NCCC(CCCC)C1CCC(C=NCCCCCCC)O1. The zero-order valence-corrected chi connectivity index (χ0v) is 15.5. The minimum atomic E-state index is 0.247. The van der Waals surface area contributed by atoms with E-state index in [2.05, 4.69) is 36.8 Å². The van der Waals surface area contributed by atoms with Crippen LogP contribution in [-0.4, -0.2) is 38.2 Å². The molecule has 1 aliphatic heterocycles. The number of ether oxygens (including phenoxy) is 1. The van der Waals surface area contributed by atoms with Gasteiger partial charge in [0.25, 0.3) is 0 Å². The van der Waals surface area contributed by atoms with Gasteiger partial charge in [0.2, 0.25) is 0 Å². The molecule has 0 saturated carbocycles. The van der Waals surface area contributed by atoms with E-state index in [0.717, 1.165) is 25.9 Å². The molecule has 0 aromatic heterocycles. The Kier molecular flexibility index (Phi) is 12.1. The first-order valence-electron chi connectivity index (χ1n) is 9.89. The molecule has 3 heteroatoms. The number of nitrogens with zero attached hydrogens (tertiary/aromatic N) is 2. The fourth-order valence-electron chi connectivity index (χ4n) is 3.38. The molecule has 134 valence electrons. The van der Waals surface area contributed by atoms with Gasteiger partial charge in [-0.25, -0.2) is 0 Å². The van der Waals surface area contributed by atoms with Crippen molar-refractivity contribution in [3.05, 3.63) is 0 Å². The van der Waals surface area contributed by atoms with Crippen molar-refractivity contribution in [3.63, 3.8) is 0 Å². The predicted molar refractivity (Wildman–Crippen MR) is 102 cm³/mol. The van der Waals surface area contributed by atoms with Gasteiger partial charge in [0.15, 0.2) is 0 Å². The van der Waals surface area contributed by atoms with Gasteiger partial charge in [-0.3, -0.25) is 4.99 Å². The molecule has 0 N–H and O–H groups in total. The molecule has 23 heavy (non-hydrogen) atoms. The molecule has 0 bridgehead atoms. The Morgan fingerprint density at radius 1 is 1.00 bits per heavy atom. The maximum Gasteiger partial charge on any atom is 0.0926 e. The topological polar surface area (TPSA) is 34.0 Å². The first-order valence-corrected chi connectivity index (χ1v) is 9.89. The quantitative estimate of drug-likeness (QED) is 0.308. The minimum Gasteiger partial charge on any atom is -0.369 e. The molecule has 3 nitrogen and oxygen atoms in total. The predicted octanol–water partition coefficient (Wildman–Crippen LogP) is 5.47. The second-order valence-corrected chi connectivity index (χ2v) is 6.90. The molecule has 0 aliphatic carbocycles. The number of rotatable bonds is 14. The minimum absolute atomic E-state index is 0.247. The van der Waals surface area contributed by atoms with E-state index < -0.39 is 0 Å². The van der Waals surface area contributed by atoms with Crippen LogP contribution >= 0.6 is 0 Å². The summed E-state index contributed by atoms with van der Waals surface area (Å²) < 4.78 is 6.25. The van der Waals surface area contributed by atoms with E-state index in [1.807, 2.05) is 0 Å². The lowest BCUT2D eigenvalue weighted by Gasteiger charge is -2.22. The molecular formula is C20H38N2O. The van der Waals surface area contributed by atoms with Crippen molar-refractivity contribution < 1.29 is 4.74 Å². The molecule has 3 unspecified atom stereocenters. The van der Waals surface area contributed by atoms with Gasteiger partial charge in [0, 0.05) is 19.3 Å². The summed E-state index contributed by atoms with van der Waals surface area (Å²) in [5.41, 5.74) is 0. The zero-order chi connectivity index (χ0) is 16.8. The van der Waals surface area contributed by atoms with Crippen LogP contribution < -0.4 is 0 Å². The third-order valence-electron chi connectivity index (χ3n) is 4.86. The molecule has 1 rings (SSSR count). The lowest BCUT2D eigenvalue weighted by atomic mass is 9.91. The summed E-state index contributed by atoms with van der Waals surface area (Å²) in [4.78, 5) is 8.62. The summed E-state index contributed by atoms with van der Waals surface area (Å²) in [6.45, 7) is 9.96. The Morgan fingerprint density at radius 3 is 2.52 bits per heavy atom. The second kappa shape index (κ2) is 13.7. The van der Waals surface area contributed by atoms with Crippen LogP contribution in [0.3, 0.4) is 0 Å². The summed E-state index contributed by atoms with van der Waals surface area (Å²) in [6, 6.07) is 0. The van der Waals surface area contributed by atoms with E-state index in [1.165, 1.54) is 57.8 Å². The summed E-state index contributed by atoms with van der Waals surface area (Å²) in [5.74, 6) is 0.646. The van der Waals surface area contributed by atoms with Crippen molar-refractivity contribution >= 4 is 12.9 Å². The molecule has 1 saturated heterocycles. The second-order valence-electron chi connectivity index (χ2n) is 6.90. The zero-order valence-electron chi connectivity index (χ0n) is 15.5. The van der Waals surface area contributed by atoms with E-state index >= 15 is 0 Å². The van der Waals surface area contributed by atoms with Crippen molar-refractivity contribution in [1.82, 2.24) is 0 Å². The van der Waals surface area contributed by atoms with E-state index in [1.54, 1.807) is 0 Å². The summed E-state index contributed by atoms with van der Waals surface area (Å²) in [5, 5.41) is 0. The summed E-state index contributed by atoms with van der Waals surface area (Å²) >= 11 is 0. The van der Waals surface area contributed by atoms with Gasteiger partial charge in [0.1, 0.15) is 0 Å². The molecular weight excluding hydrogens is 284 g/mol. The molecule has 1 fully saturated rings. The Morgan fingerprint density at radius 2 is 1.78 bits per heavy atom. The van der Waals surface area contributed by atoms with E-state index in [9.17, 15) is 0 Å². The van der Waals surface area contributed by atoms with Gasteiger partial charge >= 0.3 is 0 Å². The largest absolute Gasteiger partial charge is 0.369 e. The number of unbranched alkanes of at least 4 members (excludes halogenated alkanes) is 5. The lowest BCUT2D eigenvalue weighted by Crippen LogP contribution is -2.23. The fraction of sp³-hybridized carbons (Fsp3) is 0.900. The number of aliphatic imine (C=N–C) groups is 2. The van der Waals surface area contributed by atoms with Crippen molar-refractivity contribution in [2.24, 2.45) is 15.9 Å². The van der Waals surface area contributed by atoms with Gasteiger partial charge < -0.3 is 9.73 Å². The van der Waals surface area contributed by atoms with Crippen LogP contribution in [0.5, 0.6) is 0 Å². The van der Waals surface area contributed by atoms with Crippen molar-refractivity contribution in [2.75, 3.05) is 13.1 Å². The Hall–Kier alpha value is -0.700. The lowest BCUT2D eigenvalue weighted by molar-refractivity contribution is 0.0353. The van der Waals surface area contributed by atoms with Gasteiger partial charge in [-0.2, -0.15) is 0 Å².